The number of likely N-dealkylation sites (N-methyl/N-ethyl adjacent to an activating group) is 1. The molecule has 5 rings (SSSR count). The molecule has 5 aliphatic rings. The Kier molecular flexibility index (Phi) is 8.66. The van der Waals surface area contributed by atoms with Crippen LogP contribution in [0.5, 0.6) is 0 Å². The average Bonchev–Trinajstić information content (AvgIpc) is 3.21. The van der Waals surface area contributed by atoms with Crippen LogP contribution >= 0.6 is 0 Å². The maximum atomic E-state index is 13.1. The molecule has 218 valence electrons. The van der Waals surface area contributed by atoms with Gasteiger partial charge < -0.3 is 9.80 Å². The van der Waals surface area contributed by atoms with Crippen molar-refractivity contribution in [1.82, 2.24) is 5.32 Å². The van der Waals surface area contributed by atoms with Gasteiger partial charge in [-0.1, -0.05) is 53.9 Å². The van der Waals surface area contributed by atoms with E-state index in [-0.39, 0.29) is 0 Å². The molecule has 1 aliphatic heterocycles. The van der Waals surface area contributed by atoms with Crippen LogP contribution in [0.1, 0.15) is 131 Å². The fourth-order valence-electron chi connectivity index (χ4n) is 11.5. The van der Waals surface area contributed by atoms with E-state index in [1.807, 2.05) is 0 Å². The molecule has 4 aliphatic carbocycles. The summed E-state index contributed by atoms with van der Waals surface area (Å²) in [6.07, 6.45) is 20.8. The van der Waals surface area contributed by atoms with Crippen molar-refractivity contribution in [2.24, 2.45) is 52.3 Å². The zero-order chi connectivity index (χ0) is 27.1. The highest BCUT2D eigenvalue weighted by atomic mass is 16.2. The fourth-order valence-corrected chi connectivity index (χ4v) is 11.5. The molecule has 0 aromatic carbocycles. The zero-order valence-corrected chi connectivity index (χ0v) is 26.2. The smallest absolute Gasteiger partial charge is 0.275 e. The second kappa shape index (κ2) is 11.4. The minimum Gasteiger partial charge on any atom is -0.348 e. The van der Waals surface area contributed by atoms with Crippen LogP contribution in [0.25, 0.3) is 0 Å². The highest BCUT2D eigenvalue weighted by Crippen LogP contribution is 2.68. The summed E-state index contributed by atoms with van der Waals surface area (Å²) in [6.45, 7) is 15.8. The lowest BCUT2D eigenvalue weighted by Crippen LogP contribution is -2.57. The van der Waals surface area contributed by atoms with E-state index < -0.39 is 0 Å². The summed E-state index contributed by atoms with van der Waals surface area (Å²) in [5, 5.41) is 3.54. The highest BCUT2D eigenvalue weighted by Gasteiger charge is 2.60. The molecule has 0 aromatic rings. The molecule has 5 fully saturated rings. The molecule has 3 heteroatoms. The number of quaternary nitrogens is 1. The number of carbonyl (C=O) groups excluding carboxylic acids is 1. The first kappa shape index (κ1) is 28.9. The van der Waals surface area contributed by atoms with Crippen molar-refractivity contribution in [2.75, 3.05) is 26.7 Å². The molecule has 4 saturated carbocycles. The maximum Gasteiger partial charge on any atom is 0.275 e. The third-order valence-corrected chi connectivity index (χ3v) is 13.7. The van der Waals surface area contributed by atoms with E-state index in [2.05, 4.69) is 47.0 Å². The molecule has 38 heavy (non-hydrogen) atoms. The second-order valence-electron chi connectivity index (χ2n) is 16.5. The summed E-state index contributed by atoms with van der Waals surface area (Å²) in [5.74, 6) is 6.73. The van der Waals surface area contributed by atoms with Gasteiger partial charge in [0.15, 0.2) is 6.54 Å². The molecular weight excluding hydrogens is 464 g/mol. The van der Waals surface area contributed by atoms with E-state index in [9.17, 15) is 4.79 Å². The third kappa shape index (κ3) is 5.62. The van der Waals surface area contributed by atoms with Crippen LogP contribution in [0.15, 0.2) is 0 Å². The number of nitrogens with zero attached hydrogens (tertiary/aromatic N) is 1. The SMILES string of the molecule is CC(C)CCC[C@@H](C)[C@H]1CC[C@H]2[C@@H]3CC[C@H]4C[C@@H](NC(=O)C[N+]5(C)CCCCC5)CC[C@]4(C)[C@H]3CC[C@]12C. The minimum atomic E-state index is 0.324. The molecule has 9 atom stereocenters. The van der Waals surface area contributed by atoms with Gasteiger partial charge in [0.1, 0.15) is 0 Å². The number of fused-ring (bicyclic) bond motifs is 5. The van der Waals surface area contributed by atoms with Crippen molar-refractivity contribution < 1.29 is 9.28 Å². The Morgan fingerprint density at radius 2 is 1.58 bits per heavy atom. The molecular formula is C35H63N2O+. The molecule has 3 nitrogen and oxygen atoms in total. The van der Waals surface area contributed by atoms with Crippen molar-refractivity contribution in [1.29, 1.82) is 0 Å². The highest BCUT2D eigenvalue weighted by molar-refractivity contribution is 5.77. The molecule has 1 saturated heterocycles. The molecule has 1 amide bonds. The van der Waals surface area contributed by atoms with E-state index in [0.717, 1.165) is 45.9 Å². The number of hydrogen-bond donors (Lipinski definition) is 1. The number of rotatable bonds is 8. The standard InChI is InChI=1S/C35H62N2O/c1-25(2)11-10-12-26(3)30-15-16-31-29-14-13-27-23-28(36-33(38)24-37(6)21-8-7-9-22-37)17-19-34(27,4)32(29)18-20-35(30,31)5/h25-32H,7-24H2,1-6H3/p+1/t26-,27+,28+,29+,30-,31+,32+,34+,35-/m1/s1. The van der Waals surface area contributed by atoms with Gasteiger partial charge in [-0.25, -0.2) is 0 Å². The number of piperidine rings is 1. The molecule has 1 heterocycles. The number of hydrogen-bond acceptors (Lipinski definition) is 1. The summed E-state index contributed by atoms with van der Waals surface area (Å²) in [4.78, 5) is 13.1. The second-order valence-corrected chi connectivity index (χ2v) is 16.5. The van der Waals surface area contributed by atoms with Gasteiger partial charge in [0, 0.05) is 6.04 Å². The number of likely N-dealkylation sites (tertiary alicyclic amines) is 1. The Morgan fingerprint density at radius 1 is 0.868 bits per heavy atom. The van der Waals surface area contributed by atoms with Crippen molar-refractivity contribution in [3.63, 3.8) is 0 Å². The van der Waals surface area contributed by atoms with Crippen LogP contribution in [0.3, 0.4) is 0 Å². The van der Waals surface area contributed by atoms with Crippen LogP contribution < -0.4 is 5.32 Å². The lowest BCUT2D eigenvalue weighted by molar-refractivity contribution is -0.906. The molecule has 0 bridgehead atoms. The molecule has 0 aromatic heterocycles. The van der Waals surface area contributed by atoms with E-state index >= 15 is 0 Å². The predicted molar refractivity (Wildman–Crippen MR) is 160 cm³/mol. The van der Waals surface area contributed by atoms with Gasteiger partial charge in [-0.2, -0.15) is 0 Å². The first-order valence-corrected chi connectivity index (χ1v) is 17.2. The van der Waals surface area contributed by atoms with Crippen LogP contribution in [0, 0.1) is 52.3 Å². The first-order chi connectivity index (χ1) is 18.0. The number of nitrogens with one attached hydrogen (secondary N) is 1. The summed E-state index contributed by atoms with van der Waals surface area (Å²) in [5.41, 5.74) is 1.11. The quantitative estimate of drug-likeness (QED) is 0.317. The van der Waals surface area contributed by atoms with Gasteiger partial charge in [0.25, 0.3) is 5.91 Å². The normalized spacial score (nSPS) is 43.1. The lowest BCUT2D eigenvalue weighted by atomic mass is 9.44. The summed E-state index contributed by atoms with van der Waals surface area (Å²) >= 11 is 0. The van der Waals surface area contributed by atoms with Gasteiger partial charge in [-0.15, -0.1) is 0 Å². The van der Waals surface area contributed by atoms with Gasteiger partial charge in [0.05, 0.1) is 20.1 Å². The Balaban J connectivity index is 1.18. The minimum absolute atomic E-state index is 0.324. The molecule has 0 radical (unpaired) electrons. The Morgan fingerprint density at radius 3 is 2.32 bits per heavy atom. The third-order valence-electron chi connectivity index (χ3n) is 13.7. The zero-order valence-electron chi connectivity index (χ0n) is 26.2. The van der Waals surface area contributed by atoms with Crippen LogP contribution in [-0.2, 0) is 4.79 Å². The Hall–Kier alpha value is -0.570. The average molecular weight is 528 g/mol. The van der Waals surface area contributed by atoms with Crippen molar-refractivity contribution in [3.8, 4) is 0 Å². The van der Waals surface area contributed by atoms with Crippen LogP contribution in [0.2, 0.25) is 0 Å². The van der Waals surface area contributed by atoms with Crippen molar-refractivity contribution in [3.05, 3.63) is 0 Å². The van der Waals surface area contributed by atoms with Crippen LogP contribution in [0.4, 0.5) is 0 Å². The first-order valence-electron chi connectivity index (χ1n) is 17.2. The molecule has 1 N–H and O–H groups in total. The lowest BCUT2D eigenvalue weighted by Gasteiger charge is -2.61. The van der Waals surface area contributed by atoms with E-state index in [1.54, 1.807) is 0 Å². The summed E-state index contributed by atoms with van der Waals surface area (Å²) in [6, 6.07) is 0.421. The number of amides is 1. The largest absolute Gasteiger partial charge is 0.348 e. The van der Waals surface area contributed by atoms with Gasteiger partial charge in [0.2, 0.25) is 0 Å². The van der Waals surface area contributed by atoms with E-state index in [0.29, 0.717) is 29.3 Å². The van der Waals surface area contributed by atoms with Gasteiger partial charge in [-0.3, -0.25) is 4.79 Å². The Labute approximate surface area is 236 Å². The summed E-state index contributed by atoms with van der Waals surface area (Å²) in [7, 11) is 2.30. The number of carbonyl (C=O) groups is 1. The van der Waals surface area contributed by atoms with Gasteiger partial charge in [-0.05, 0) is 129 Å². The predicted octanol–water partition coefficient (Wildman–Crippen LogP) is 8.22. The van der Waals surface area contributed by atoms with E-state index in [4.69, 9.17) is 0 Å². The monoisotopic (exact) mass is 527 g/mol. The van der Waals surface area contributed by atoms with Crippen LogP contribution in [-0.4, -0.2) is 43.1 Å². The van der Waals surface area contributed by atoms with Crippen molar-refractivity contribution in [2.45, 2.75) is 137 Å². The van der Waals surface area contributed by atoms with Crippen molar-refractivity contribution >= 4 is 5.91 Å². The van der Waals surface area contributed by atoms with E-state index in [1.165, 1.54) is 109 Å². The molecule has 0 unspecified atom stereocenters. The fraction of sp³-hybridized carbons (Fsp3) is 0.971. The summed E-state index contributed by atoms with van der Waals surface area (Å²) < 4.78 is 0.959. The molecule has 0 spiro atoms. The topological polar surface area (TPSA) is 29.1 Å². The Bertz CT molecular complexity index is 817. The van der Waals surface area contributed by atoms with Gasteiger partial charge >= 0.3 is 0 Å². The maximum absolute atomic E-state index is 13.1.